The van der Waals surface area contributed by atoms with E-state index in [1.807, 2.05) is 42.0 Å². The molecule has 1 atom stereocenters. The van der Waals surface area contributed by atoms with Crippen LogP contribution in [0.15, 0.2) is 29.7 Å². The van der Waals surface area contributed by atoms with Crippen LogP contribution in [0.5, 0.6) is 0 Å². The molecule has 0 bridgehead atoms. The van der Waals surface area contributed by atoms with Crippen molar-refractivity contribution in [1.29, 1.82) is 5.26 Å². The zero-order valence-electron chi connectivity index (χ0n) is 19.4. The number of carbonyl (C=O) groups excluding carboxylic acids is 1. The second-order valence-electron chi connectivity index (χ2n) is 8.40. The largest absolute Gasteiger partial charge is 0.376 e. The van der Waals surface area contributed by atoms with Gasteiger partial charge in [0, 0.05) is 12.3 Å². The maximum Gasteiger partial charge on any atom is 0.235 e. The van der Waals surface area contributed by atoms with E-state index in [2.05, 4.69) is 34.6 Å². The van der Waals surface area contributed by atoms with Gasteiger partial charge in [0.25, 0.3) is 0 Å². The number of nitrogens with zero attached hydrogens (tertiary/aromatic N) is 5. The number of ether oxygens (including phenoxy) is 1. The van der Waals surface area contributed by atoms with E-state index < -0.39 is 0 Å². The third-order valence-electron chi connectivity index (χ3n) is 6.07. The Labute approximate surface area is 198 Å². The molecule has 1 aliphatic heterocycles. The van der Waals surface area contributed by atoms with Gasteiger partial charge in [-0.05, 0) is 57.7 Å². The van der Waals surface area contributed by atoms with Crippen LogP contribution < -0.4 is 5.32 Å². The summed E-state index contributed by atoms with van der Waals surface area (Å²) in [6, 6.07) is 8.43. The fourth-order valence-electron chi connectivity index (χ4n) is 4.21. The first-order valence-corrected chi connectivity index (χ1v) is 12.0. The number of hydrogen-bond donors (Lipinski definition) is 1. The number of hydrogen-bond acceptors (Lipinski definition) is 6. The highest BCUT2D eigenvalue weighted by molar-refractivity contribution is 7.99. The number of thioether (sulfide) groups is 1. The Hall–Kier alpha value is -3.09. The van der Waals surface area contributed by atoms with E-state index in [1.54, 1.807) is 6.33 Å². The lowest BCUT2D eigenvalue weighted by Gasteiger charge is -2.17. The summed E-state index contributed by atoms with van der Waals surface area (Å²) in [7, 11) is 0. The molecule has 0 spiro atoms. The summed E-state index contributed by atoms with van der Waals surface area (Å²) in [5, 5.41) is 21.6. The molecular weight excluding hydrogens is 436 g/mol. The lowest BCUT2D eigenvalue weighted by Crippen LogP contribution is -2.22. The van der Waals surface area contributed by atoms with E-state index in [0.29, 0.717) is 23.1 Å². The van der Waals surface area contributed by atoms with Crippen LogP contribution in [0.1, 0.15) is 40.8 Å². The number of rotatable bonds is 7. The Morgan fingerprint density at radius 2 is 2.15 bits per heavy atom. The first-order chi connectivity index (χ1) is 15.9. The molecular formula is C24H28N6O2S. The lowest BCUT2D eigenvalue weighted by molar-refractivity contribution is -0.113. The van der Waals surface area contributed by atoms with E-state index in [4.69, 9.17) is 4.74 Å². The SMILES string of the molecule is Cc1ccc(-n2cnnc2SCC(=O)Nc2c(C#N)c(C)c(C)n2C[C@@H]2CCCO2)c(C)c1. The number of aryl methyl sites for hydroxylation is 2. The van der Waals surface area contributed by atoms with Crippen LogP contribution in [0.25, 0.3) is 5.69 Å². The Kier molecular flexibility index (Phi) is 6.86. The van der Waals surface area contributed by atoms with Gasteiger partial charge in [0.05, 0.1) is 29.7 Å². The molecule has 0 saturated carbocycles. The van der Waals surface area contributed by atoms with Crippen LogP contribution in [-0.4, -0.2) is 43.7 Å². The summed E-state index contributed by atoms with van der Waals surface area (Å²) in [6.07, 6.45) is 3.78. The van der Waals surface area contributed by atoms with Gasteiger partial charge in [-0.1, -0.05) is 29.5 Å². The molecule has 1 saturated heterocycles. The van der Waals surface area contributed by atoms with Crippen molar-refractivity contribution in [1.82, 2.24) is 19.3 Å². The fourth-order valence-corrected chi connectivity index (χ4v) is 4.93. The molecule has 4 rings (SSSR count). The van der Waals surface area contributed by atoms with Crippen molar-refractivity contribution < 1.29 is 9.53 Å². The van der Waals surface area contributed by atoms with Crippen molar-refractivity contribution in [3.05, 3.63) is 52.5 Å². The minimum absolute atomic E-state index is 0.100. The Balaban J connectivity index is 1.50. The third kappa shape index (κ3) is 4.82. The molecule has 1 aliphatic rings. The molecule has 33 heavy (non-hydrogen) atoms. The number of amides is 1. The van der Waals surface area contributed by atoms with Gasteiger partial charge in [0.2, 0.25) is 5.91 Å². The summed E-state index contributed by atoms with van der Waals surface area (Å²) >= 11 is 1.31. The highest BCUT2D eigenvalue weighted by Crippen LogP contribution is 2.29. The van der Waals surface area contributed by atoms with Gasteiger partial charge >= 0.3 is 0 Å². The summed E-state index contributed by atoms with van der Waals surface area (Å²) in [4.78, 5) is 12.9. The second-order valence-corrected chi connectivity index (χ2v) is 9.34. The maximum atomic E-state index is 12.9. The average Bonchev–Trinajstić information content (AvgIpc) is 3.51. The molecule has 0 aliphatic carbocycles. The average molecular weight is 465 g/mol. The summed E-state index contributed by atoms with van der Waals surface area (Å²) in [5.41, 5.74) is 5.63. The lowest BCUT2D eigenvalue weighted by atomic mass is 10.1. The minimum atomic E-state index is -0.197. The molecule has 1 amide bonds. The van der Waals surface area contributed by atoms with Crippen molar-refractivity contribution in [3.8, 4) is 11.8 Å². The topological polar surface area (TPSA) is 97.8 Å². The van der Waals surface area contributed by atoms with E-state index in [1.165, 1.54) is 17.3 Å². The van der Waals surface area contributed by atoms with Crippen LogP contribution in [0.3, 0.4) is 0 Å². The van der Waals surface area contributed by atoms with Crippen LogP contribution in [-0.2, 0) is 16.1 Å². The highest BCUT2D eigenvalue weighted by atomic mass is 32.2. The predicted octanol–water partition coefficient (Wildman–Crippen LogP) is 4.08. The maximum absolute atomic E-state index is 12.9. The monoisotopic (exact) mass is 464 g/mol. The Bertz CT molecular complexity index is 1220. The first kappa shape index (κ1) is 23.1. The van der Waals surface area contributed by atoms with Gasteiger partial charge in [-0.25, -0.2) is 0 Å². The van der Waals surface area contributed by atoms with Crippen molar-refractivity contribution in [2.45, 2.75) is 58.3 Å². The predicted molar refractivity (Wildman–Crippen MR) is 128 cm³/mol. The number of anilines is 1. The number of aromatic nitrogens is 4. The zero-order valence-corrected chi connectivity index (χ0v) is 20.2. The summed E-state index contributed by atoms with van der Waals surface area (Å²) < 4.78 is 9.68. The zero-order chi connectivity index (χ0) is 23.5. The summed E-state index contributed by atoms with van der Waals surface area (Å²) in [5.74, 6) is 0.500. The van der Waals surface area contributed by atoms with Crippen molar-refractivity contribution in [2.24, 2.45) is 0 Å². The molecule has 1 N–H and O–H groups in total. The normalized spacial score (nSPS) is 15.5. The molecule has 0 unspecified atom stereocenters. The highest BCUT2D eigenvalue weighted by Gasteiger charge is 2.24. The minimum Gasteiger partial charge on any atom is -0.376 e. The summed E-state index contributed by atoms with van der Waals surface area (Å²) in [6.45, 7) is 9.36. The van der Waals surface area contributed by atoms with Crippen molar-refractivity contribution in [3.63, 3.8) is 0 Å². The number of carbonyl (C=O) groups is 1. The van der Waals surface area contributed by atoms with Crippen LogP contribution in [0.4, 0.5) is 5.82 Å². The van der Waals surface area contributed by atoms with E-state index in [-0.39, 0.29) is 17.8 Å². The van der Waals surface area contributed by atoms with E-state index in [9.17, 15) is 10.1 Å². The fraction of sp³-hybridized carbons (Fsp3) is 0.417. The molecule has 1 fully saturated rings. The van der Waals surface area contributed by atoms with Crippen LogP contribution in [0.2, 0.25) is 0 Å². The second kappa shape index (κ2) is 9.81. The molecule has 1 aromatic carbocycles. The van der Waals surface area contributed by atoms with Gasteiger partial charge in [-0.15, -0.1) is 10.2 Å². The van der Waals surface area contributed by atoms with Crippen LogP contribution >= 0.6 is 11.8 Å². The van der Waals surface area contributed by atoms with E-state index >= 15 is 0 Å². The molecule has 8 nitrogen and oxygen atoms in total. The molecule has 3 aromatic rings. The quantitative estimate of drug-likeness (QED) is 0.529. The van der Waals surface area contributed by atoms with Gasteiger partial charge in [-0.2, -0.15) is 5.26 Å². The van der Waals surface area contributed by atoms with Crippen LogP contribution in [0, 0.1) is 39.0 Å². The van der Waals surface area contributed by atoms with Gasteiger partial charge < -0.3 is 14.6 Å². The van der Waals surface area contributed by atoms with Gasteiger partial charge in [0.1, 0.15) is 18.2 Å². The number of benzene rings is 1. The molecule has 172 valence electrons. The third-order valence-corrected chi connectivity index (χ3v) is 7.01. The number of nitriles is 1. The van der Waals surface area contributed by atoms with Crippen molar-refractivity contribution >= 4 is 23.5 Å². The first-order valence-electron chi connectivity index (χ1n) is 11.0. The molecule has 2 aromatic heterocycles. The standard InChI is InChI=1S/C24H28N6O2S/c1-15-7-8-21(16(2)10-15)30-14-26-28-24(30)33-13-22(31)27-23-20(11-25)17(3)18(4)29(23)12-19-6-5-9-32-19/h7-8,10,14,19H,5-6,9,12-13H2,1-4H3,(H,27,31)/t19-/m0/s1. The van der Waals surface area contributed by atoms with E-state index in [0.717, 1.165) is 42.0 Å². The number of nitrogens with one attached hydrogen (secondary N) is 1. The van der Waals surface area contributed by atoms with Gasteiger partial charge in [0.15, 0.2) is 5.16 Å². The Morgan fingerprint density at radius 1 is 1.33 bits per heavy atom. The van der Waals surface area contributed by atoms with Crippen molar-refractivity contribution in [2.75, 3.05) is 17.7 Å². The smallest absolute Gasteiger partial charge is 0.235 e. The Morgan fingerprint density at radius 3 is 2.85 bits per heavy atom. The molecule has 3 heterocycles. The molecule has 9 heteroatoms. The molecule has 0 radical (unpaired) electrons. The van der Waals surface area contributed by atoms with Gasteiger partial charge in [-0.3, -0.25) is 9.36 Å².